The lowest BCUT2D eigenvalue weighted by molar-refractivity contribution is -0.138. The van der Waals surface area contributed by atoms with Gasteiger partial charge >= 0.3 is 11.9 Å². The minimum absolute atomic E-state index is 0.0114. The average Bonchev–Trinajstić information content (AvgIpc) is 3.35. The summed E-state index contributed by atoms with van der Waals surface area (Å²) in [7, 11) is 0. The van der Waals surface area contributed by atoms with Crippen LogP contribution in [-0.2, 0) is 24.0 Å². The molecule has 0 saturated carbocycles. The van der Waals surface area contributed by atoms with E-state index < -0.39 is 11.9 Å². The minimum atomic E-state index is -0.711. The Hall–Kier alpha value is -8.29. The molecule has 0 fully saturated rings. The molecule has 7 heteroatoms. The monoisotopic (exact) mass is 878 g/mol. The predicted octanol–water partition coefficient (Wildman–Crippen LogP) is 13.7. The van der Waals surface area contributed by atoms with Crippen LogP contribution in [0.25, 0.3) is 36.5 Å². The minimum Gasteiger partial charge on any atom is -0.481 e. The van der Waals surface area contributed by atoms with Crippen LogP contribution in [0.5, 0.6) is 0 Å². The summed E-state index contributed by atoms with van der Waals surface area (Å²) < 4.78 is 0. The predicted molar refractivity (Wildman–Crippen MR) is 273 cm³/mol. The van der Waals surface area contributed by atoms with Crippen molar-refractivity contribution in [3.05, 3.63) is 252 Å². The Kier molecular flexibility index (Phi) is 28.7. The number of carboxylic acid groups (broad SMARTS) is 2. The highest BCUT2D eigenvalue weighted by atomic mass is 16.4. The van der Waals surface area contributed by atoms with Crippen molar-refractivity contribution in [2.45, 2.75) is 39.5 Å². The Morgan fingerprint density at radius 3 is 0.561 bits per heavy atom. The standard InChI is InChI=1S/3C17H14O.2C4H8O2/c3*18-17(13-11-15-7-3-1-4-8-15)14-12-16-9-5-2-6-10-16;2*1-2-3-4(5)6/h3*1-14H;2*2-3H2,1H3,(H,5,6). The first-order valence-electron chi connectivity index (χ1n) is 21.5. The molecule has 7 nitrogen and oxygen atoms in total. The molecule has 0 spiro atoms. The Morgan fingerprint density at radius 2 is 0.455 bits per heavy atom. The molecule has 6 aromatic carbocycles. The molecule has 0 unspecified atom stereocenters. The number of carbonyl (C=O) groups is 5. The van der Waals surface area contributed by atoms with Crippen LogP contribution in [0, 0.1) is 0 Å². The first kappa shape index (κ1) is 53.8. The van der Waals surface area contributed by atoms with Crippen LogP contribution in [0.1, 0.15) is 72.9 Å². The molecule has 6 aromatic rings. The van der Waals surface area contributed by atoms with Crippen molar-refractivity contribution < 1.29 is 34.2 Å². The second kappa shape index (κ2) is 35.2. The molecular formula is C59H58O7. The molecule has 0 aliphatic carbocycles. The van der Waals surface area contributed by atoms with E-state index in [-0.39, 0.29) is 17.3 Å². The van der Waals surface area contributed by atoms with Gasteiger partial charge in [-0.1, -0.05) is 232 Å². The van der Waals surface area contributed by atoms with Gasteiger partial charge in [0.2, 0.25) is 0 Å². The van der Waals surface area contributed by atoms with Crippen LogP contribution in [-0.4, -0.2) is 39.5 Å². The highest BCUT2D eigenvalue weighted by molar-refractivity contribution is 6.05. The summed E-state index contributed by atoms with van der Waals surface area (Å²) in [5, 5.41) is 15.8. The molecule has 66 heavy (non-hydrogen) atoms. The number of carbonyl (C=O) groups excluding carboxylic acids is 3. The lowest BCUT2D eigenvalue weighted by atomic mass is 10.1. The molecule has 0 aromatic heterocycles. The maximum Gasteiger partial charge on any atom is 0.303 e. The molecule has 2 N–H and O–H groups in total. The second-order valence-corrected chi connectivity index (χ2v) is 14.0. The van der Waals surface area contributed by atoms with Gasteiger partial charge in [0.05, 0.1) is 0 Å². The van der Waals surface area contributed by atoms with E-state index >= 15 is 0 Å². The van der Waals surface area contributed by atoms with E-state index in [1.54, 1.807) is 36.5 Å². The summed E-state index contributed by atoms with van der Waals surface area (Å²) in [6.07, 6.45) is 22.4. The van der Waals surface area contributed by atoms with Crippen LogP contribution in [0.15, 0.2) is 218 Å². The smallest absolute Gasteiger partial charge is 0.303 e. The summed E-state index contributed by atoms with van der Waals surface area (Å²) in [6, 6.07) is 58.7. The highest BCUT2D eigenvalue weighted by Gasteiger charge is 1.94. The molecule has 0 saturated heterocycles. The summed E-state index contributed by atoms with van der Waals surface area (Å²) in [4.78, 5) is 54.0. The van der Waals surface area contributed by atoms with E-state index in [1.165, 1.54) is 0 Å². The molecule has 6 rings (SSSR count). The first-order chi connectivity index (χ1) is 32.1. The van der Waals surface area contributed by atoms with Gasteiger partial charge in [-0.25, -0.2) is 0 Å². The van der Waals surface area contributed by atoms with Crippen LogP contribution in [0.3, 0.4) is 0 Å². The fourth-order valence-corrected chi connectivity index (χ4v) is 5.05. The molecule has 0 aliphatic rings. The van der Waals surface area contributed by atoms with Crippen LogP contribution < -0.4 is 0 Å². The Labute approximate surface area is 389 Å². The van der Waals surface area contributed by atoms with Gasteiger partial charge in [-0.3, -0.25) is 24.0 Å². The number of ketones is 3. The number of allylic oxidation sites excluding steroid dienone is 6. The largest absolute Gasteiger partial charge is 0.481 e. The summed E-state index contributed by atoms with van der Waals surface area (Å²) in [5.74, 6) is -1.46. The van der Waals surface area contributed by atoms with Crippen molar-refractivity contribution in [2.75, 3.05) is 0 Å². The maximum atomic E-state index is 11.6. The van der Waals surface area contributed by atoms with E-state index in [1.807, 2.05) is 232 Å². The molecule has 0 amide bonds. The highest BCUT2D eigenvalue weighted by Crippen LogP contribution is 2.07. The van der Waals surface area contributed by atoms with E-state index in [4.69, 9.17) is 10.2 Å². The van der Waals surface area contributed by atoms with Gasteiger partial charge in [-0.2, -0.15) is 0 Å². The molecular weight excluding hydrogens is 821 g/mol. The lowest BCUT2D eigenvalue weighted by Crippen LogP contribution is -1.90. The quantitative estimate of drug-likeness (QED) is 0.0927. The summed E-state index contributed by atoms with van der Waals surface area (Å²) >= 11 is 0. The lowest BCUT2D eigenvalue weighted by Gasteiger charge is -1.91. The van der Waals surface area contributed by atoms with Gasteiger partial charge in [0.1, 0.15) is 0 Å². The van der Waals surface area contributed by atoms with Gasteiger partial charge in [-0.05, 0) is 82.7 Å². The van der Waals surface area contributed by atoms with Crippen molar-refractivity contribution >= 4 is 65.7 Å². The Bertz CT molecular complexity index is 2030. The Morgan fingerprint density at radius 1 is 0.303 bits per heavy atom. The maximum absolute atomic E-state index is 11.6. The first-order valence-corrected chi connectivity index (χ1v) is 21.5. The summed E-state index contributed by atoms with van der Waals surface area (Å²) in [5.41, 5.74) is 6.16. The van der Waals surface area contributed by atoms with E-state index in [0.29, 0.717) is 12.8 Å². The number of hydrogen-bond donors (Lipinski definition) is 2. The van der Waals surface area contributed by atoms with Crippen molar-refractivity contribution in [1.29, 1.82) is 0 Å². The average molecular weight is 879 g/mol. The normalized spacial score (nSPS) is 10.6. The third-order valence-corrected chi connectivity index (χ3v) is 8.37. The van der Waals surface area contributed by atoms with Crippen molar-refractivity contribution in [2.24, 2.45) is 0 Å². The third-order valence-electron chi connectivity index (χ3n) is 8.37. The molecule has 336 valence electrons. The Balaban J connectivity index is 0.000000302. The zero-order chi connectivity index (χ0) is 47.9. The molecule has 0 heterocycles. The van der Waals surface area contributed by atoms with Gasteiger partial charge in [0.25, 0.3) is 0 Å². The topological polar surface area (TPSA) is 126 Å². The molecule has 0 atom stereocenters. The van der Waals surface area contributed by atoms with Crippen molar-refractivity contribution in [3.63, 3.8) is 0 Å². The zero-order valence-electron chi connectivity index (χ0n) is 37.5. The van der Waals surface area contributed by atoms with E-state index in [0.717, 1.165) is 46.2 Å². The second-order valence-electron chi connectivity index (χ2n) is 14.0. The number of carboxylic acids is 2. The number of benzene rings is 6. The SMILES string of the molecule is CCCC(=O)O.CCCC(=O)O.O=C(C=Cc1ccccc1)C=Cc1ccccc1.O=C(C=Cc1ccccc1)C=Cc1ccccc1.O=C(C=Cc1ccccc1)C=Cc1ccccc1. The zero-order valence-corrected chi connectivity index (χ0v) is 37.5. The van der Waals surface area contributed by atoms with Crippen molar-refractivity contribution in [3.8, 4) is 0 Å². The van der Waals surface area contributed by atoms with E-state index in [2.05, 4.69) is 0 Å². The molecule has 0 aliphatic heterocycles. The van der Waals surface area contributed by atoms with Gasteiger partial charge in [0.15, 0.2) is 17.3 Å². The van der Waals surface area contributed by atoms with Crippen molar-refractivity contribution in [1.82, 2.24) is 0 Å². The molecule has 0 bridgehead atoms. The summed E-state index contributed by atoms with van der Waals surface area (Å²) in [6.45, 7) is 3.68. The van der Waals surface area contributed by atoms with Crippen LogP contribution in [0.2, 0.25) is 0 Å². The van der Waals surface area contributed by atoms with Crippen LogP contribution in [0.4, 0.5) is 0 Å². The number of hydrogen-bond acceptors (Lipinski definition) is 5. The van der Waals surface area contributed by atoms with Gasteiger partial charge in [0, 0.05) is 12.8 Å². The fourth-order valence-electron chi connectivity index (χ4n) is 5.05. The molecule has 0 radical (unpaired) electrons. The van der Waals surface area contributed by atoms with E-state index in [9.17, 15) is 24.0 Å². The van der Waals surface area contributed by atoms with Gasteiger partial charge < -0.3 is 10.2 Å². The van der Waals surface area contributed by atoms with Gasteiger partial charge in [-0.15, -0.1) is 0 Å². The van der Waals surface area contributed by atoms with Crippen LogP contribution >= 0.6 is 0 Å². The fraction of sp³-hybridized carbons (Fsp3) is 0.102. The number of rotatable bonds is 16. The number of aliphatic carboxylic acids is 2. The third kappa shape index (κ3) is 29.1.